The zero-order chi connectivity index (χ0) is 14.8. The van der Waals surface area contributed by atoms with E-state index < -0.39 is 15.8 Å². The van der Waals surface area contributed by atoms with Gasteiger partial charge in [0.15, 0.2) is 0 Å². The maximum atomic E-state index is 13.6. The lowest BCUT2D eigenvalue weighted by Crippen LogP contribution is -2.30. The van der Waals surface area contributed by atoms with Gasteiger partial charge in [-0.05, 0) is 31.7 Å². The van der Waals surface area contributed by atoms with Crippen molar-refractivity contribution in [3.63, 3.8) is 0 Å². The molecule has 1 aromatic carbocycles. The van der Waals surface area contributed by atoms with E-state index in [-0.39, 0.29) is 17.5 Å². The first-order valence-corrected chi connectivity index (χ1v) is 7.89. The van der Waals surface area contributed by atoms with Crippen molar-refractivity contribution in [3.05, 3.63) is 29.6 Å². The van der Waals surface area contributed by atoms with Gasteiger partial charge in [-0.1, -0.05) is 0 Å². The summed E-state index contributed by atoms with van der Waals surface area (Å²) in [4.78, 5) is 0.126. The molecule has 0 amide bonds. The Morgan fingerprint density at radius 3 is 2.85 bits per heavy atom. The van der Waals surface area contributed by atoms with Gasteiger partial charge in [0, 0.05) is 32.3 Å². The SMILES string of the molecule is CNCc1cc(S(=O)(=O)N2CCC(OC)C2)ccc1F. The van der Waals surface area contributed by atoms with Crippen molar-refractivity contribution in [1.82, 2.24) is 9.62 Å². The molecular formula is C13H19FN2O3S. The summed E-state index contributed by atoms with van der Waals surface area (Å²) in [5.74, 6) is -0.408. The molecule has 1 unspecified atom stereocenters. The smallest absolute Gasteiger partial charge is 0.243 e. The normalized spacial score (nSPS) is 20.4. The molecule has 1 heterocycles. The molecule has 0 saturated carbocycles. The molecule has 20 heavy (non-hydrogen) atoms. The topological polar surface area (TPSA) is 58.6 Å². The quantitative estimate of drug-likeness (QED) is 0.880. The minimum atomic E-state index is -3.58. The van der Waals surface area contributed by atoms with Crippen LogP contribution in [0.4, 0.5) is 4.39 Å². The van der Waals surface area contributed by atoms with Gasteiger partial charge in [-0.25, -0.2) is 12.8 Å². The zero-order valence-electron chi connectivity index (χ0n) is 11.6. The fourth-order valence-corrected chi connectivity index (χ4v) is 3.83. The predicted octanol–water partition coefficient (Wildman–Crippen LogP) is 0.955. The number of methoxy groups -OCH3 is 1. The third-order valence-electron chi connectivity index (χ3n) is 3.46. The summed E-state index contributed by atoms with van der Waals surface area (Å²) < 4.78 is 45.1. The first kappa shape index (κ1) is 15.4. The lowest BCUT2D eigenvalue weighted by atomic mass is 10.2. The Morgan fingerprint density at radius 1 is 1.50 bits per heavy atom. The second kappa shape index (κ2) is 6.17. The largest absolute Gasteiger partial charge is 0.380 e. The van der Waals surface area contributed by atoms with Gasteiger partial charge >= 0.3 is 0 Å². The molecule has 0 aliphatic carbocycles. The second-order valence-electron chi connectivity index (χ2n) is 4.79. The molecule has 1 aliphatic rings. The van der Waals surface area contributed by atoms with Crippen LogP contribution < -0.4 is 5.32 Å². The summed E-state index contributed by atoms with van der Waals surface area (Å²) >= 11 is 0. The Kier molecular flexibility index (Phi) is 4.74. The van der Waals surface area contributed by atoms with Crippen LogP contribution in [0.2, 0.25) is 0 Å². The molecule has 1 aromatic rings. The Morgan fingerprint density at radius 2 is 2.25 bits per heavy atom. The lowest BCUT2D eigenvalue weighted by Gasteiger charge is -2.17. The monoisotopic (exact) mass is 302 g/mol. The van der Waals surface area contributed by atoms with Gasteiger partial charge < -0.3 is 10.1 Å². The van der Waals surface area contributed by atoms with Crippen LogP contribution in [0.15, 0.2) is 23.1 Å². The van der Waals surface area contributed by atoms with Gasteiger partial charge in [-0.3, -0.25) is 0 Å². The van der Waals surface area contributed by atoms with Crippen molar-refractivity contribution >= 4 is 10.0 Å². The number of ether oxygens (including phenoxy) is 1. The summed E-state index contributed by atoms with van der Waals surface area (Å²) in [7, 11) is -0.322. The minimum absolute atomic E-state index is 0.0676. The van der Waals surface area contributed by atoms with Crippen LogP contribution in [0.5, 0.6) is 0 Å². The molecule has 1 aliphatic heterocycles. The molecule has 5 nitrogen and oxygen atoms in total. The van der Waals surface area contributed by atoms with Gasteiger partial charge in [-0.2, -0.15) is 4.31 Å². The summed E-state index contributed by atoms with van der Waals surface area (Å²) in [6.07, 6.45) is 0.613. The first-order chi connectivity index (χ1) is 9.48. The van der Waals surface area contributed by atoms with Gasteiger partial charge in [0.25, 0.3) is 0 Å². The van der Waals surface area contributed by atoms with Crippen molar-refractivity contribution in [2.75, 3.05) is 27.2 Å². The van der Waals surface area contributed by atoms with Crippen LogP contribution in [-0.2, 0) is 21.3 Å². The van der Waals surface area contributed by atoms with Crippen LogP contribution in [-0.4, -0.2) is 46.1 Å². The van der Waals surface area contributed by atoms with Crippen LogP contribution >= 0.6 is 0 Å². The molecule has 1 atom stereocenters. The Hall–Kier alpha value is -1.02. The third-order valence-corrected chi connectivity index (χ3v) is 5.32. The van der Waals surface area contributed by atoms with E-state index in [2.05, 4.69) is 5.32 Å². The number of halogens is 1. The van der Waals surface area contributed by atoms with E-state index in [0.29, 0.717) is 25.1 Å². The summed E-state index contributed by atoms with van der Waals surface area (Å²) in [6.45, 7) is 1.06. The number of hydrogen-bond acceptors (Lipinski definition) is 4. The molecule has 0 radical (unpaired) electrons. The van der Waals surface area contributed by atoms with E-state index >= 15 is 0 Å². The Labute approximate surface area is 118 Å². The van der Waals surface area contributed by atoms with Crippen molar-refractivity contribution < 1.29 is 17.5 Å². The van der Waals surface area contributed by atoms with E-state index in [0.717, 1.165) is 0 Å². The lowest BCUT2D eigenvalue weighted by molar-refractivity contribution is 0.115. The van der Waals surface area contributed by atoms with Gasteiger partial charge in [-0.15, -0.1) is 0 Å². The highest BCUT2D eigenvalue weighted by atomic mass is 32.2. The zero-order valence-corrected chi connectivity index (χ0v) is 12.4. The first-order valence-electron chi connectivity index (χ1n) is 6.45. The molecule has 2 rings (SSSR count). The predicted molar refractivity (Wildman–Crippen MR) is 73.3 cm³/mol. The van der Waals surface area contributed by atoms with Gasteiger partial charge in [0.05, 0.1) is 11.0 Å². The fourth-order valence-electron chi connectivity index (χ4n) is 2.29. The number of sulfonamides is 1. The Balaban J connectivity index is 2.28. The molecule has 0 aromatic heterocycles. The number of hydrogen-bond donors (Lipinski definition) is 1. The molecular weight excluding hydrogens is 283 g/mol. The molecule has 1 saturated heterocycles. The number of nitrogens with zero attached hydrogens (tertiary/aromatic N) is 1. The van der Waals surface area contributed by atoms with E-state index in [1.807, 2.05) is 0 Å². The van der Waals surface area contributed by atoms with Crippen LogP contribution in [0, 0.1) is 5.82 Å². The van der Waals surface area contributed by atoms with E-state index in [9.17, 15) is 12.8 Å². The third kappa shape index (κ3) is 3.01. The van der Waals surface area contributed by atoms with Crippen LogP contribution in [0.25, 0.3) is 0 Å². The van der Waals surface area contributed by atoms with E-state index in [4.69, 9.17) is 4.74 Å². The number of rotatable bonds is 5. The highest BCUT2D eigenvalue weighted by molar-refractivity contribution is 7.89. The average molecular weight is 302 g/mol. The van der Waals surface area contributed by atoms with Crippen molar-refractivity contribution in [2.45, 2.75) is 24.0 Å². The standard InChI is InChI=1S/C13H19FN2O3S/c1-15-8-10-7-12(3-4-13(10)14)20(17,18)16-6-5-11(9-16)19-2/h3-4,7,11,15H,5-6,8-9H2,1-2H3. The molecule has 1 fully saturated rings. The van der Waals surface area contributed by atoms with Crippen LogP contribution in [0.1, 0.15) is 12.0 Å². The molecule has 7 heteroatoms. The van der Waals surface area contributed by atoms with Crippen LogP contribution in [0.3, 0.4) is 0 Å². The molecule has 0 spiro atoms. The van der Waals surface area contributed by atoms with Crippen molar-refractivity contribution in [1.29, 1.82) is 0 Å². The van der Waals surface area contributed by atoms with E-state index in [1.165, 1.54) is 22.5 Å². The maximum Gasteiger partial charge on any atom is 0.243 e. The van der Waals surface area contributed by atoms with Gasteiger partial charge in [0.2, 0.25) is 10.0 Å². The molecule has 112 valence electrons. The summed E-state index contributed by atoms with van der Waals surface area (Å²) in [6, 6.07) is 3.90. The maximum absolute atomic E-state index is 13.6. The fraction of sp³-hybridized carbons (Fsp3) is 0.538. The molecule has 0 bridgehead atoms. The average Bonchev–Trinajstić information content (AvgIpc) is 2.91. The summed E-state index contributed by atoms with van der Waals surface area (Å²) in [5, 5.41) is 2.82. The highest BCUT2D eigenvalue weighted by Crippen LogP contribution is 2.23. The molecule has 1 N–H and O–H groups in total. The van der Waals surface area contributed by atoms with E-state index in [1.54, 1.807) is 14.2 Å². The number of nitrogens with one attached hydrogen (secondary N) is 1. The second-order valence-corrected chi connectivity index (χ2v) is 6.73. The van der Waals surface area contributed by atoms with Crippen molar-refractivity contribution in [3.8, 4) is 0 Å². The minimum Gasteiger partial charge on any atom is -0.380 e. The number of benzene rings is 1. The Bertz CT molecular complexity index is 577. The van der Waals surface area contributed by atoms with Gasteiger partial charge in [0.1, 0.15) is 5.82 Å². The highest BCUT2D eigenvalue weighted by Gasteiger charge is 2.32. The summed E-state index contributed by atoms with van der Waals surface area (Å²) in [5.41, 5.74) is 0.344. The van der Waals surface area contributed by atoms with Crippen molar-refractivity contribution in [2.24, 2.45) is 0 Å².